The number of thiophene rings is 1. The molecule has 0 spiro atoms. The summed E-state index contributed by atoms with van der Waals surface area (Å²) in [6, 6.07) is 11.5. The van der Waals surface area contributed by atoms with Gasteiger partial charge >= 0.3 is 5.97 Å². The molecule has 0 unspecified atom stereocenters. The first kappa shape index (κ1) is 15.3. The fraction of sp³-hybridized carbons (Fsp3) is 0.235. The second kappa shape index (κ2) is 6.23. The number of rotatable bonds is 4. The van der Waals surface area contributed by atoms with E-state index in [0.29, 0.717) is 15.5 Å². The Balaban J connectivity index is 2.19. The molecule has 0 aliphatic rings. The van der Waals surface area contributed by atoms with E-state index in [1.54, 1.807) is 13.8 Å². The molecule has 2 aromatic heterocycles. The maximum atomic E-state index is 12.3. The number of para-hydroxylation sites is 1. The van der Waals surface area contributed by atoms with Crippen LogP contribution in [0.2, 0.25) is 0 Å². The normalized spacial score (nSPS) is 10.9. The van der Waals surface area contributed by atoms with Gasteiger partial charge in [0, 0.05) is 5.39 Å². The van der Waals surface area contributed by atoms with Gasteiger partial charge in [-0.15, -0.1) is 11.3 Å². The number of aromatic nitrogens is 1. The van der Waals surface area contributed by atoms with Gasteiger partial charge in [-0.1, -0.05) is 18.2 Å². The van der Waals surface area contributed by atoms with Crippen molar-refractivity contribution < 1.29 is 14.3 Å². The van der Waals surface area contributed by atoms with Gasteiger partial charge < -0.3 is 9.47 Å². The standard InChI is InChI=1S/C17H14N2O3S/c1-10(2)22-17(20)15-14(21-8-7-18)12-9-11-5-3-4-6-13(11)19-16(12)23-15/h3-6,9-10H,8H2,1-2H3. The van der Waals surface area contributed by atoms with Gasteiger partial charge in [0.05, 0.1) is 17.0 Å². The molecule has 0 N–H and O–H groups in total. The summed E-state index contributed by atoms with van der Waals surface area (Å²) >= 11 is 1.22. The largest absolute Gasteiger partial charge is 0.476 e. The van der Waals surface area contributed by atoms with E-state index in [-0.39, 0.29) is 12.7 Å². The lowest BCUT2D eigenvalue weighted by Gasteiger charge is -2.08. The van der Waals surface area contributed by atoms with Gasteiger partial charge in [0.25, 0.3) is 0 Å². The Kier molecular flexibility index (Phi) is 4.13. The van der Waals surface area contributed by atoms with Gasteiger partial charge in [-0.25, -0.2) is 9.78 Å². The molecule has 3 rings (SSSR count). The highest BCUT2D eigenvalue weighted by Crippen LogP contribution is 2.39. The molecule has 0 aliphatic carbocycles. The zero-order valence-electron chi connectivity index (χ0n) is 12.7. The van der Waals surface area contributed by atoms with Gasteiger partial charge in [-0.3, -0.25) is 0 Å². The molecule has 0 fully saturated rings. The molecular weight excluding hydrogens is 312 g/mol. The van der Waals surface area contributed by atoms with Crippen LogP contribution in [0, 0.1) is 11.3 Å². The number of carbonyl (C=O) groups excluding carboxylic acids is 1. The van der Waals surface area contributed by atoms with E-state index in [1.165, 1.54) is 11.3 Å². The van der Waals surface area contributed by atoms with E-state index in [1.807, 2.05) is 36.4 Å². The van der Waals surface area contributed by atoms with E-state index in [2.05, 4.69) is 4.98 Å². The Bertz CT molecular complexity index is 925. The Hall–Kier alpha value is -2.65. The SMILES string of the molecule is CC(C)OC(=O)c1sc2nc3ccccc3cc2c1OCC#N. The molecule has 5 nitrogen and oxygen atoms in total. The summed E-state index contributed by atoms with van der Waals surface area (Å²) in [5.41, 5.74) is 0.844. The molecule has 3 aromatic rings. The molecule has 2 heterocycles. The highest BCUT2D eigenvalue weighted by Gasteiger charge is 2.23. The van der Waals surface area contributed by atoms with E-state index in [9.17, 15) is 4.79 Å². The lowest BCUT2D eigenvalue weighted by atomic mass is 10.2. The Morgan fingerprint density at radius 2 is 2.17 bits per heavy atom. The van der Waals surface area contributed by atoms with Crippen LogP contribution in [0.25, 0.3) is 21.1 Å². The molecule has 0 saturated carbocycles. The zero-order valence-corrected chi connectivity index (χ0v) is 13.5. The fourth-order valence-corrected chi connectivity index (χ4v) is 3.25. The molecule has 116 valence electrons. The van der Waals surface area contributed by atoms with Crippen molar-refractivity contribution in [1.29, 1.82) is 5.26 Å². The van der Waals surface area contributed by atoms with Gasteiger partial charge in [-0.05, 0) is 26.0 Å². The number of pyridine rings is 1. The topological polar surface area (TPSA) is 72.2 Å². The maximum absolute atomic E-state index is 12.3. The van der Waals surface area contributed by atoms with Crippen LogP contribution < -0.4 is 4.74 Å². The van der Waals surface area contributed by atoms with E-state index < -0.39 is 5.97 Å². The van der Waals surface area contributed by atoms with Crippen LogP contribution in [-0.4, -0.2) is 23.7 Å². The first-order valence-corrected chi connectivity index (χ1v) is 7.95. The average Bonchev–Trinajstić information content (AvgIpc) is 2.87. The van der Waals surface area contributed by atoms with Crippen molar-refractivity contribution in [3.63, 3.8) is 0 Å². The number of nitrogens with zero attached hydrogens (tertiary/aromatic N) is 2. The molecule has 0 aliphatic heterocycles. The second-order valence-corrected chi connectivity index (χ2v) is 6.19. The zero-order chi connectivity index (χ0) is 16.4. The number of hydrogen-bond acceptors (Lipinski definition) is 6. The summed E-state index contributed by atoms with van der Waals surface area (Å²) in [5.74, 6) is -0.0875. The van der Waals surface area contributed by atoms with Crippen molar-refractivity contribution in [2.75, 3.05) is 6.61 Å². The Morgan fingerprint density at radius 1 is 1.39 bits per heavy atom. The van der Waals surface area contributed by atoms with Gasteiger partial charge in [0.2, 0.25) is 0 Å². The molecule has 0 radical (unpaired) electrons. The molecule has 6 heteroatoms. The number of carbonyl (C=O) groups is 1. The van der Waals surface area contributed by atoms with Crippen molar-refractivity contribution in [2.45, 2.75) is 20.0 Å². The van der Waals surface area contributed by atoms with Crippen LogP contribution in [-0.2, 0) is 4.74 Å². The number of fused-ring (bicyclic) bond motifs is 2. The van der Waals surface area contributed by atoms with E-state index in [0.717, 1.165) is 16.3 Å². The van der Waals surface area contributed by atoms with Crippen molar-refractivity contribution in [1.82, 2.24) is 4.98 Å². The summed E-state index contributed by atoms with van der Waals surface area (Å²) in [6.07, 6.45) is -0.233. The number of nitriles is 1. The van der Waals surface area contributed by atoms with E-state index >= 15 is 0 Å². The number of benzene rings is 1. The van der Waals surface area contributed by atoms with Gasteiger partial charge in [0.1, 0.15) is 10.9 Å². The molecular formula is C17H14N2O3S. The third kappa shape index (κ3) is 2.96. The summed E-state index contributed by atoms with van der Waals surface area (Å²) in [5, 5.41) is 10.4. The van der Waals surface area contributed by atoms with Crippen molar-refractivity contribution in [3.05, 3.63) is 35.2 Å². The van der Waals surface area contributed by atoms with Gasteiger partial charge in [-0.2, -0.15) is 5.26 Å². The fourth-order valence-electron chi connectivity index (χ4n) is 2.25. The smallest absolute Gasteiger partial charge is 0.352 e. The Morgan fingerprint density at radius 3 is 2.91 bits per heavy atom. The maximum Gasteiger partial charge on any atom is 0.352 e. The highest BCUT2D eigenvalue weighted by atomic mass is 32.1. The minimum atomic E-state index is -0.458. The van der Waals surface area contributed by atoms with Crippen molar-refractivity contribution >= 4 is 38.4 Å². The summed E-state index contributed by atoms with van der Waals surface area (Å²) < 4.78 is 10.8. The van der Waals surface area contributed by atoms with Crippen LogP contribution in [0.15, 0.2) is 30.3 Å². The van der Waals surface area contributed by atoms with E-state index in [4.69, 9.17) is 14.7 Å². The highest BCUT2D eigenvalue weighted by molar-refractivity contribution is 7.20. The predicted octanol–water partition coefficient (Wildman–Crippen LogP) is 3.92. The number of ether oxygens (including phenoxy) is 2. The van der Waals surface area contributed by atoms with Crippen molar-refractivity contribution in [2.24, 2.45) is 0 Å². The van der Waals surface area contributed by atoms with Crippen LogP contribution >= 0.6 is 11.3 Å². The van der Waals surface area contributed by atoms with Crippen LogP contribution in [0.3, 0.4) is 0 Å². The lowest BCUT2D eigenvalue weighted by molar-refractivity contribution is 0.0380. The molecule has 0 saturated heterocycles. The quantitative estimate of drug-likeness (QED) is 0.680. The second-order valence-electron chi connectivity index (χ2n) is 5.19. The minimum Gasteiger partial charge on any atom is -0.476 e. The monoisotopic (exact) mass is 326 g/mol. The van der Waals surface area contributed by atoms with Crippen molar-refractivity contribution in [3.8, 4) is 11.8 Å². The first-order valence-electron chi connectivity index (χ1n) is 7.13. The minimum absolute atomic E-state index is 0.138. The third-order valence-electron chi connectivity index (χ3n) is 3.15. The lowest BCUT2D eigenvalue weighted by Crippen LogP contribution is -2.11. The van der Waals surface area contributed by atoms with Crippen LogP contribution in [0.1, 0.15) is 23.5 Å². The van der Waals surface area contributed by atoms with Gasteiger partial charge in [0.15, 0.2) is 17.2 Å². The molecule has 0 amide bonds. The number of esters is 1. The molecule has 0 atom stereocenters. The number of hydrogen-bond donors (Lipinski definition) is 0. The first-order chi connectivity index (χ1) is 11.1. The third-order valence-corrected chi connectivity index (χ3v) is 4.21. The molecule has 1 aromatic carbocycles. The van der Waals surface area contributed by atoms with Crippen LogP contribution in [0.4, 0.5) is 0 Å². The average molecular weight is 326 g/mol. The summed E-state index contributed by atoms with van der Waals surface area (Å²) in [6.45, 7) is 3.43. The van der Waals surface area contributed by atoms with Crippen LogP contribution in [0.5, 0.6) is 5.75 Å². The molecule has 0 bridgehead atoms. The Labute approximate surface area is 137 Å². The molecule has 23 heavy (non-hydrogen) atoms. The summed E-state index contributed by atoms with van der Waals surface area (Å²) in [4.78, 5) is 17.9. The summed E-state index contributed by atoms with van der Waals surface area (Å²) in [7, 11) is 0. The predicted molar refractivity (Wildman–Crippen MR) is 88.8 cm³/mol.